The van der Waals surface area contributed by atoms with Crippen LogP contribution in [0.25, 0.3) is 5.69 Å². The van der Waals surface area contributed by atoms with Crippen LogP contribution in [-0.4, -0.2) is 28.7 Å². The fourth-order valence-electron chi connectivity index (χ4n) is 3.56. The molecule has 1 heterocycles. The van der Waals surface area contributed by atoms with Crippen LogP contribution in [0.3, 0.4) is 0 Å². The molecule has 0 atom stereocenters. The van der Waals surface area contributed by atoms with E-state index in [-0.39, 0.29) is 11.5 Å². The number of methoxy groups -OCH3 is 1. The predicted octanol–water partition coefficient (Wildman–Crippen LogP) is 5.14. The average molecular weight is 458 g/mol. The van der Waals surface area contributed by atoms with Crippen LogP contribution in [0, 0.1) is 19.7 Å². The molecule has 0 radical (unpaired) electrons. The Balaban J connectivity index is 1.50. The highest BCUT2D eigenvalue weighted by Crippen LogP contribution is 2.29. The predicted molar refractivity (Wildman–Crippen MR) is 128 cm³/mol. The summed E-state index contributed by atoms with van der Waals surface area (Å²) in [5.74, 6) is -0.921. The van der Waals surface area contributed by atoms with E-state index in [2.05, 4.69) is 15.7 Å². The number of ether oxygens (including phenoxy) is 1. The minimum Gasteiger partial charge on any atom is -0.495 e. The van der Waals surface area contributed by atoms with Gasteiger partial charge in [0.25, 0.3) is 11.8 Å². The molecular formula is C26H23FN4O3. The SMILES string of the molecule is COc1ccc(NC(=O)c2ccc(-n3nc(C)cc3C)cc2)cc1NC(=O)c1cccc(F)c1. The smallest absolute Gasteiger partial charge is 0.255 e. The van der Waals surface area contributed by atoms with E-state index in [0.717, 1.165) is 23.1 Å². The molecule has 7 nitrogen and oxygen atoms in total. The van der Waals surface area contributed by atoms with Gasteiger partial charge in [0.1, 0.15) is 11.6 Å². The first-order chi connectivity index (χ1) is 16.3. The highest BCUT2D eigenvalue weighted by molar-refractivity contribution is 6.07. The molecule has 2 N–H and O–H groups in total. The van der Waals surface area contributed by atoms with Crippen LogP contribution < -0.4 is 15.4 Å². The van der Waals surface area contributed by atoms with Gasteiger partial charge in [0.05, 0.1) is 24.2 Å². The first kappa shape index (κ1) is 22.7. The van der Waals surface area contributed by atoms with Crippen LogP contribution in [0.4, 0.5) is 15.8 Å². The van der Waals surface area contributed by atoms with Gasteiger partial charge in [-0.05, 0) is 80.6 Å². The van der Waals surface area contributed by atoms with Crippen molar-refractivity contribution in [3.8, 4) is 11.4 Å². The monoisotopic (exact) mass is 458 g/mol. The largest absolute Gasteiger partial charge is 0.495 e. The first-order valence-corrected chi connectivity index (χ1v) is 10.5. The average Bonchev–Trinajstić information content (AvgIpc) is 3.17. The maximum atomic E-state index is 13.5. The second-order valence-corrected chi connectivity index (χ2v) is 7.72. The molecule has 0 bridgehead atoms. The lowest BCUT2D eigenvalue weighted by molar-refractivity contribution is 0.101. The summed E-state index contributed by atoms with van der Waals surface area (Å²) >= 11 is 0. The lowest BCUT2D eigenvalue weighted by Crippen LogP contribution is -2.15. The first-order valence-electron chi connectivity index (χ1n) is 10.5. The number of benzene rings is 3. The van der Waals surface area contributed by atoms with Gasteiger partial charge in [-0.25, -0.2) is 9.07 Å². The fourth-order valence-corrected chi connectivity index (χ4v) is 3.56. The van der Waals surface area contributed by atoms with Gasteiger partial charge in [-0.2, -0.15) is 5.10 Å². The van der Waals surface area contributed by atoms with Crippen molar-refractivity contribution in [3.05, 3.63) is 101 Å². The topological polar surface area (TPSA) is 85.2 Å². The van der Waals surface area contributed by atoms with Gasteiger partial charge in [0.2, 0.25) is 0 Å². The molecule has 0 saturated heterocycles. The Morgan fingerprint density at radius 1 is 0.882 bits per heavy atom. The summed E-state index contributed by atoms with van der Waals surface area (Å²) in [5.41, 5.74) is 4.21. The molecule has 8 heteroatoms. The van der Waals surface area contributed by atoms with Gasteiger partial charge >= 0.3 is 0 Å². The summed E-state index contributed by atoms with van der Waals surface area (Å²) in [7, 11) is 1.47. The van der Waals surface area contributed by atoms with E-state index in [4.69, 9.17) is 4.74 Å². The molecule has 0 aliphatic rings. The Kier molecular flexibility index (Phi) is 6.40. The van der Waals surface area contributed by atoms with E-state index in [9.17, 15) is 14.0 Å². The van der Waals surface area contributed by atoms with Crippen LogP contribution in [0.2, 0.25) is 0 Å². The lowest BCUT2D eigenvalue weighted by atomic mass is 10.1. The number of nitrogens with zero attached hydrogens (tertiary/aromatic N) is 2. The minimum atomic E-state index is -0.510. The van der Waals surface area contributed by atoms with Gasteiger partial charge in [0, 0.05) is 22.5 Å². The minimum absolute atomic E-state index is 0.166. The summed E-state index contributed by atoms with van der Waals surface area (Å²) in [4.78, 5) is 25.3. The quantitative estimate of drug-likeness (QED) is 0.419. The molecule has 4 aromatic rings. The number of nitrogens with one attached hydrogen (secondary N) is 2. The van der Waals surface area contributed by atoms with Crippen molar-refractivity contribution in [1.82, 2.24) is 9.78 Å². The molecule has 0 spiro atoms. The number of carbonyl (C=O) groups excluding carboxylic acids is 2. The number of halogens is 1. The maximum absolute atomic E-state index is 13.5. The Morgan fingerprint density at radius 2 is 1.62 bits per heavy atom. The molecular weight excluding hydrogens is 435 g/mol. The molecule has 3 aromatic carbocycles. The molecule has 0 unspecified atom stereocenters. The molecule has 4 rings (SSSR count). The number of anilines is 2. The standard InChI is InChI=1S/C26H23FN4O3/c1-16-13-17(2)31(30-16)22-10-7-18(8-11-22)25(32)28-21-9-12-24(34-3)23(15-21)29-26(33)19-5-4-6-20(27)14-19/h4-15H,1-3H3,(H,28,32)(H,29,33). The van der Waals surface area contributed by atoms with Crippen molar-refractivity contribution >= 4 is 23.2 Å². The molecule has 172 valence electrons. The molecule has 0 fully saturated rings. The molecule has 34 heavy (non-hydrogen) atoms. The Labute approximate surface area is 196 Å². The third-order valence-corrected chi connectivity index (χ3v) is 5.18. The highest BCUT2D eigenvalue weighted by Gasteiger charge is 2.13. The molecule has 2 amide bonds. The van der Waals surface area contributed by atoms with E-state index in [1.807, 2.05) is 36.7 Å². The van der Waals surface area contributed by atoms with Crippen LogP contribution >= 0.6 is 0 Å². The number of rotatable bonds is 6. The zero-order valence-corrected chi connectivity index (χ0v) is 18.9. The highest BCUT2D eigenvalue weighted by atomic mass is 19.1. The molecule has 0 saturated carbocycles. The van der Waals surface area contributed by atoms with Crippen LogP contribution in [-0.2, 0) is 0 Å². The van der Waals surface area contributed by atoms with Crippen LogP contribution in [0.1, 0.15) is 32.1 Å². The number of hydrogen-bond acceptors (Lipinski definition) is 4. The maximum Gasteiger partial charge on any atom is 0.255 e. The number of aryl methyl sites for hydroxylation is 2. The number of amides is 2. The summed E-state index contributed by atoms with van der Waals surface area (Å²) in [5, 5.41) is 9.97. The van der Waals surface area contributed by atoms with Crippen LogP contribution in [0.15, 0.2) is 72.8 Å². The molecule has 0 aliphatic heterocycles. The normalized spacial score (nSPS) is 10.6. The number of carbonyl (C=O) groups is 2. The third-order valence-electron chi connectivity index (χ3n) is 5.18. The molecule has 1 aromatic heterocycles. The molecule has 0 aliphatic carbocycles. The van der Waals surface area contributed by atoms with Crippen molar-refractivity contribution in [2.75, 3.05) is 17.7 Å². The second kappa shape index (κ2) is 9.58. The van der Waals surface area contributed by atoms with E-state index in [1.54, 1.807) is 30.3 Å². The Bertz CT molecular complexity index is 1360. The zero-order valence-electron chi connectivity index (χ0n) is 18.9. The van der Waals surface area contributed by atoms with Gasteiger partial charge in [-0.1, -0.05) is 6.07 Å². The van der Waals surface area contributed by atoms with Gasteiger partial charge in [-0.15, -0.1) is 0 Å². The van der Waals surface area contributed by atoms with Crippen molar-refractivity contribution in [1.29, 1.82) is 0 Å². The summed E-state index contributed by atoms with van der Waals surface area (Å²) in [6, 6.07) is 19.3. The van der Waals surface area contributed by atoms with E-state index >= 15 is 0 Å². The Morgan fingerprint density at radius 3 is 2.26 bits per heavy atom. The number of hydrogen-bond donors (Lipinski definition) is 2. The summed E-state index contributed by atoms with van der Waals surface area (Å²) < 4.78 is 20.6. The van der Waals surface area contributed by atoms with E-state index in [0.29, 0.717) is 22.7 Å². The summed E-state index contributed by atoms with van der Waals surface area (Å²) in [6.45, 7) is 3.89. The van der Waals surface area contributed by atoms with Crippen molar-refractivity contribution in [2.45, 2.75) is 13.8 Å². The second-order valence-electron chi connectivity index (χ2n) is 7.72. The number of aromatic nitrogens is 2. The zero-order chi connectivity index (χ0) is 24.2. The van der Waals surface area contributed by atoms with Crippen molar-refractivity contribution < 1.29 is 18.7 Å². The van der Waals surface area contributed by atoms with Crippen molar-refractivity contribution in [3.63, 3.8) is 0 Å². The van der Waals surface area contributed by atoms with E-state index in [1.165, 1.54) is 25.3 Å². The van der Waals surface area contributed by atoms with E-state index < -0.39 is 11.7 Å². The fraction of sp³-hybridized carbons (Fsp3) is 0.115. The van der Waals surface area contributed by atoms with Crippen LogP contribution in [0.5, 0.6) is 5.75 Å². The lowest BCUT2D eigenvalue weighted by Gasteiger charge is -2.13. The van der Waals surface area contributed by atoms with Gasteiger partial charge in [-0.3, -0.25) is 9.59 Å². The third kappa shape index (κ3) is 4.96. The van der Waals surface area contributed by atoms with Gasteiger partial charge in [0.15, 0.2) is 0 Å². The van der Waals surface area contributed by atoms with Gasteiger partial charge < -0.3 is 15.4 Å². The Hall–Kier alpha value is -4.46. The summed E-state index contributed by atoms with van der Waals surface area (Å²) in [6.07, 6.45) is 0. The van der Waals surface area contributed by atoms with Crippen molar-refractivity contribution in [2.24, 2.45) is 0 Å².